The van der Waals surface area contributed by atoms with Gasteiger partial charge in [0.1, 0.15) is 5.82 Å². The van der Waals surface area contributed by atoms with E-state index in [9.17, 15) is 4.39 Å². The van der Waals surface area contributed by atoms with Crippen LogP contribution in [0.15, 0.2) is 24.3 Å². The molecule has 0 radical (unpaired) electrons. The van der Waals surface area contributed by atoms with E-state index in [1.54, 1.807) is 13.0 Å². The molecule has 1 nitrogen and oxygen atoms in total. The molecule has 0 saturated heterocycles. The molecule has 1 atom stereocenters. The molecule has 2 N–H and O–H groups in total. The van der Waals surface area contributed by atoms with E-state index in [1.807, 2.05) is 18.2 Å². The summed E-state index contributed by atoms with van der Waals surface area (Å²) in [6, 6.07) is 5.52. The van der Waals surface area contributed by atoms with E-state index in [4.69, 9.17) is 5.73 Å². The Morgan fingerprint density at radius 2 is 2.21 bits per heavy atom. The first-order valence-corrected chi connectivity index (χ1v) is 4.89. The fourth-order valence-corrected chi connectivity index (χ4v) is 1.78. The molecule has 1 aromatic rings. The van der Waals surface area contributed by atoms with Crippen LogP contribution in [0.2, 0.25) is 0 Å². The second kappa shape index (κ2) is 3.54. The van der Waals surface area contributed by atoms with Gasteiger partial charge in [-0.1, -0.05) is 18.2 Å². The molecule has 0 saturated carbocycles. The van der Waals surface area contributed by atoms with Gasteiger partial charge >= 0.3 is 0 Å². The molecule has 0 fully saturated rings. The number of allylic oxidation sites excluding steroid dienone is 1. The molecule has 2 rings (SSSR count). The van der Waals surface area contributed by atoms with Gasteiger partial charge in [0.15, 0.2) is 0 Å². The third-order valence-corrected chi connectivity index (χ3v) is 2.70. The van der Waals surface area contributed by atoms with E-state index >= 15 is 0 Å². The highest BCUT2D eigenvalue weighted by Gasteiger charge is 2.13. The van der Waals surface area contributed by atoms with Gasteiger partial charge in [-0.3, -0.25) is 0 Å². The molecule has 1 unspecified atom stereocenters. The van der Waals surface area contributed by atoms with Crippen molar-refractivity contribution in [2.45, 2.75) is 25.8 Å². The van der Waals surface area contributed by atoms with E-state index in [2.05, 4.69) is 0 Å². The van der Waals surface area contributed by atoms with Gasteiger partial charge in [-0.2, -0.15) is 0 Å². The van der Waals surface area contributed by atoms with E-state index < -0.39 is 0 Å². The maximum atomic E-state index is 13.3. The molecule has 0 heterocycles. The van der Waals surface area contributed by atoms with Crippen LogP contribution in [0.3, 0.4) is 0 Å². The van der Waals surface area contributed by atoms with Gasteiger partial charge in [-0.15, -0.1) is 0 Å². The van der Waals surface area contributed by atoms with Crippen molar-refractivity contribution in [3.63, 3.8) is 0 Å². The summed E-state index contributed by atoms with van der Waals surface area (Å²) in [6.45, 7) is 1.77. The molecule has 14 heavy (non-hydrogen) atoms. The van der Waals surface area contributed by atoms with E-state index in [0.29, 0.717) is 5.56 Å². The van der Waals surface area contributed by atoms with Crippen molar-refractivity contribution >= 4 is 5.57 Å². The minimum Gasteiger partial charge on any atom is -0.324 e. The smallest absolute Gasteiger partial charge is 0.126 e. The average molecular weight is 191 g/mol. The molecule has 1 aromatic carbocycles. The first-order chi connectivity index (χ1) is 6.66. The summed E-state index contributed by atoms with van der Waals surface area (Å²) in [5, 5.41) is 0. The Morgan fingerprint density at radius 3 is 2.79 bits per heavy atom. The van der Waals surface area contributed by atoms with Crippen LogP contribution in [0, 0.1) is 12.7 Å². The first-order valence-electron chi connectivity index (χ1n) is 4.89. The fraction of sp³-hybridized carbons (Fsp3) is 0.333. The normalized spacial score (nSPS) is 21.1. The molecule has 0 aliphatic heterocycles. The maximum Gasteiger partial charge on any atom is 0.126 e. The summed E-state index contributed by atoms with van der Waals surface area (Å²) < 4.78 is 13.3. The third-order valence-electron chi connectivity index (χ3n) is 2.70. The van der Waals surface area contributed by atoms with Crippen LogP contribution >= 0.6 is 0 Å². The molecule has 74 valence electrons. The zero-order chi connectivity index (χ0) is 10.1. The summed E-state index contributed by atoms with van der Waals surface area (Å²) in [4.78, 5) is 0. The Balaban J connectivity index is 2.34. The van der Waals surface area contributed by atoms with Gasteiger partial charge in [-0.05, 0) is 42.5 Å². The van der Waals surface area contributed by atoms with Crippen LogP contribution in [0.25, 0.3) is 5.57 Å². The van der Waals surface area contributed by atoms with Crippen LogP contribution < -0.4 is 5.73 Å². The Labute approximate surface area is 83.4 Å². The highest BCUT2D eigenvalue weighted by Crippen LogP contribution is 2.27. The second-order valence-electron chi connectivity index (χ2n) is 3.86. The molecule has 1 aliphatic carbocycles. The fourth-order valence-electron chi connectivity index (χ4n) is 1.78. The lowest BCUT2D eigenvalue weighted by Gasteiger charge is -2.03. The molecule has 2 heteroatoms. The van der Waals surface area contributed by atoms with Crippen molar-refractivity contribution in [3.05, 3.63) is 41.2 Å². The minimum atomic E-state index is -0.135. The zero-order valence-electron chi connectivity index (χ0n) is 8.26. The number of nitrogens with two attached hydrogens (primary N) is 1. The number of benzene rings is 1. The van der Waals surface area contributed by atoms with E-state index in [-0.39, 0.29) is 11.9 Å². The summed E-state index contributed by atoms with van der Waals surface area (Å²) in [6.07, 6.45) is 3.97. The summed E-state index contributed by atoms with van der Waals surface area (Å²) in [5.74, 6) is -0.135. The second-order valence-corrected chi connectivity index (χ2v) is 3.86. The van der Waals surface area contributed by atoms with Gasteiger partial charge in [0, 0.05) is 6.04 Å². The molecule has 0 spiro atoms. The number of aryl methyl sites for hydroxylation is 1. The lowest BCUT2D eigenvalue weighted by Crippen LogP contribution is -2.11. The third kappa shape index (κ3) is 1.70. The van der Waals surface area contributed by atoms with E-state index in [0.717, 1.165) is 18.4 Å². The van der Waals surface area contributed by atoms with Crippen molar-refractivity contribution in [2.24, 2.45) is 5.73 Å². The summed E-state index contributed by atoms with van der Waals surface area (Å²) in [5.41, 5.74) is 8.60. The molecule has 0 aromatic heterocycles. The Kier molecular flexibility index (Phi) is 2.38. The van der Waals surface area contributed by atoms with Crippen molar-refractivity contribution in [3.8, 4) is 0 Å². The standard InChI is InChI=1S/C12H14FN/c1-8-2-3-10(7-12(8)13)9-4-5-11(14)6-9/h2-3,6-7,11H,4-5,14H2,1H3. The zero-order valence-corrected chi connectivity index (χ0v) is 8.26. The van der Waals surface area contributed by atoms with Crippen LogP contribution in [-0.4, -0.2) is 6.04 Å². The number of halogens is 1. The molecular weight excluding hydrogens is 177 g/mol. The lowest BCUT2D eigenvalue weighted by molar-refractivity contribution is 0.618. The predicted octanol–water partition coefficient (Wildman–Crippen LogP) is 2.64. The van der Waals surface area contributed by atoms with Crippen molar-refractivity contribution in [1.82, 2.24) is 0 Å². The van der Waals surface area contributed by atoms with Crippen molar-refractivity contribution < 1.29 is 4.39 Å². The highest BCUT2D eigenvalue weighted by atomic mass is 19.1. The minimum absolute atomic E-state index is 0.135. The maximum absolute atomic E-state index is 13.3. The monoisotopic (exact) mass is 191 g/mol. The molecular formula is C12H14FN. The predicted molar refractivity (Wildman–Crippen MR) is 56.3 cm³/mol. The number of rotatable bonds is 1. The number of hydrogen-bond acceptors (Lipinski definition) is 1. The Hall–Kier alpha value is -1.15. The van der Waals surface area contributed by atoms with Gasteiger partial charge in [0.2, 0.25) is 0 Å². The van der Waals surface area contributed by atoms with Crippen LogP contribution in [-0.2, 0) is 0 Å². The quantitative estimate of drug-likeness (QED) is 0.725. The van der Waals surface area contributed by atoms with Gasteiger partial charge in [-0.25, -0.2) is 4.39 Å². The lowest BCUT2D eigenvalue weighted by atomic mass is 10.0. The number of hydrogen-bond donors (Lipinski definition) is 1. The SMILES string of the molecule is Cc1ccc(C2=CC(N)CC2)cc1F. The Morgan fingerprint density at radius 1 is 1.43 bits per heavy atom. The van der Waals surface area contributed by atoms with Crippen LogP contribution in [0.4, 0.5) is 4.39 Å². The highest BCUT2D eigenvalue weighted by molar-refractivity contribution is 5.68. The van der Waals surface area contributed by atoms with Gasteiger partial charge < -0.3 is 5.73 Å². The largest absolute Gasteiger partial charge is 0.324 e. The molecule has 0 amide bonds. The first kappa shape index (κ1) is 9.41. The van der Waals surface area contributed by atoms with Crippen molar-refractivity contribution in [2.75, 3.05) is 0 Å². The molecule has 0 bridgehead atoms. The van der Waals surface area contributed by atoms with Crippen LogP contribution in [0.5, 0.6) is 0 Å². The van der Waals surface area contributed by atoms with Crippen molar-refractivity contribution in [1.29, 1.82) is 0 Å². The summed E-state index contributed by atoms with van der Waals surface area (Å²) >= 11 is 0. The van der Waals surface area contributed by atoms with Gasteiger partial charge in [0.25, 0.3) is 0 Å². The summed E-state index contributed by atoms with van der Waals surface area (Å²) in [7, 11) is 0. The van der Waals surface area contributed by atoms with E-state index in [1.165, 1.54) is 5.57 Å². The Bertz CT molecular complexity index is 382. The average Bonchev–Trinajstić information content (AvgIpc) is 2.57. The van der Waals surface area contributed by atoms with Crippen LogP contribution in [0.1, 0.15) is 24.0 Å². The topological polar surface area (TPSA) is 26.0 Å². The molecule has 1 aliphatic rings. The van der Waals surface area contributed by atoms with Gasteiger partial charge in [0.05, 0.1) is 0 Å².